The van der Waals surface area contributed by atoms with Gasteiger partial charge < -0.3 is 10.5 Å². The molecule has 5 aromatic rings. The lowest BCUT2D eigenvalue weighted by molar-refractivity contribution is -0.659. The van der Waals surface area contributed by atoms with Crippen LogP contribution < -0.4 is 20.6 Å². The Hall–Kier alpha value is -3.76. The number of nitrogens with two attached hydrogens (primary N) is 1. The highest BCUT2D eigenvalue weighted by atomic mass is 79.9. The van der Waals surface area contributed by atoms with Crippen molar-refractivity contribution in [3.8, 4) is 5.75 Å². The summed E-state index contributed by atoms with van der Waals surface area (Å²) in [5, 5.41) is 0.169. The van der Waals surface area contributed by atoms with Gasteiger partial charge in [0.2, 0.25) is 21.3 Å². The van der Waals surface area contributed by atoms with Crippen molar-refractivity contribution in [2.45, 2.75) is 29.7 Å². The smallest absolute Gasteiger partial charge is 0.278 e. The number of aryl methyl sites for hydroxylation is 3. The summed E-state index contributed by atoms with van der Waals surface area (Å²) in [7, 11) is -2.43. The number of methoxy groups -OCH3 is 1. The summed E-state index contributed by atoms with van der Waals surface area (Å²) in [4.78, 5) is 18.3. The summed E-state index contributed by atoms with van der Waals surface area (Å²) in [6.07, 6.45) is 2.16. The highest BCUT2D eigenvalue weighted by Crippen LogP contribution is 2.27. The highest BCUT2D eigenvalue weighted by molar-refractivity contribution is 9.10. The molecule has 10 heteroatoms. The van der Waals surface area contributed by atoms with Crippen LogP contribution in [-0.4, -0.2) is 24.9 Å². The Morgan fingerprint density at radius 1 is 1.08 bits per heavy atom. The van der Waals surface area contributed by atoms with Crippen LogP contribution in [0.4, 0.5) is 5.82 Å². The Bertz CT molecular complexity index is 1820. The van der Waals surface area contributed by atoms with Gasteiger partial charge in [-0.3, -0.25) is 9.20 Å². The number of benzene rings is 2. The Balaban J connectivity index is 1.75. The minimum atomic E-state index is -4.03. The quantitative estimate of drug-likeness (QED) is 0.242. The Labute approximate surface area is 222 Å². The zero-order chi connectivity index (χ0) is 26.3. The minimum absolute atomic E-state index is 0.0220. The molecule has 2 N–H and O–H groups in total. The predicted molar refractivity (Wildman–Crippen MR) is 145 cm³/mol. The first-order chi connectivity index (χ1) is 17.7. The molecule has 0 spiro atoms. The molecule has 188 valence electrons. The number of sulfone groups is 1. The molecule has 0 saturated heterocycles. The second kappa shape index (κ2) is 9.60. The van der Waals surface area contributed by atoms with Crippen molar-refractivity contribution >= 4 is 48.3 Å². The van der Waals surface area contributed by atoms with E-state index in [1.165, 1.54) is 22.6 Å². The number of rotatable bonds is 6. The molecule has 0 saturated carbocycles. The van der Waals surface area contributed by atoms with Crippen molar-refractivity contribution in [1.29, 1.82) is 0 Å². The molecule has 0 aliphatic heterocycles. The zero-order valence-corrected chi connectivity index (χ0v) is 22.6. The van der Waals surface area contributed by atoms with Gasteiger partial charge in [0.25, 0.3) is 11.2 Å². The van der Waals surface area contributed by atoms with Gasteiger partial charge in [-0.1, -0.05) is 39.1 Å². The van der Waals surface area contributed by atoms with E-state index in [2.05, 4.69) is 15.9 Å². The van der Waals surface area contributed by atoms with Crippen LogP contribution in [-0.2, 0) is 22.8 Å². The number of fused-ring (bicyclic) bond motifs is 2. The molecule has 0 aliphatic carbocycles. The van der Waals surface area contributed by atoms with Gasteiger partial charge in [0, 0.05) is 22.7 Å². The highest BCUT2D eigenvalue weighted by Gasteiger charge is 2.29. The number of nitrogen functional groups attached to an aromatic ring is 1. The van der Waals surface area contributed by atoms with E-state index in [0.29, 0.717) is 24.3 Å². The maximum Gasteiger partial charge on any atom is 0.278 e. The summed E-state index contributed by atoms with van der Waals surface area (Å²) in [5.74, 6) is 0.759. The summed E-state index contributed by atoms with van der Waals surface area (Å²) in [6.45, 7) is 2.18. The van der Waals surface area contributed by atoms with Crippen molar-refractivity contribution < 1.29 is 17.7 Å². The molecule has 0 amide bonds. The number of hydrogen-bond acceptors (Lipinski definition) is 6. The average molecular weight is 580 g/mol. The molecule has 37 heavy (non-hydrogen) atoms. The van der Waals surface area contributed by atoms with Crippen molar-refractivity contribution in [3.05, 3.63) is 98.9 Å². The largest absolute Gasteiger partial charge is 0.497 e. The van der Waals surface area contributed by atoms with Gasteiger partial charge >= 0.3 is 0 Å². The van der Waals surface area contributed by atoms with E-state index < -0.39 is 9.84 Å². The number of hydrogen-bond donors (Lipinski definition) is 1. The van der Waals surface area contributed by atoms with E-state index in [1.807, 2.05) is 37.3 Å². The first-order valence-corrected chi connectivity index (χ1v) is 13.8. The topological polar surface area (TPSA) is 108 Å². The van der Waals surface area contributed by atoms with Crippen LogP contribution in [0.3, 0.4) is 0 Å². The number of nitrogens with zero attached hydrogens (tertiary/aromatic N) is 3. The first-order valence-electron chi connectivity index (χ1n) is 11.5. The molecule has 0 aliphatic rings. The number of aromatic nitrogens is 3. The van der Waals surface area contributed by atoms with Gasteiger partial charge in [-0.2, -0.15) is 0 Å². The molecule has 8 nitrogen and oxygen atoms in total. The second-order valence-electron chi connectivity index (χ2n) is 8.64. The SMILES string of the molecule is COc1ccc(CC[n+]2c(N)c(S(=O)(=O)c3ccc(Br)cc3)cc3c(=O)n4cccc(C)c4nc32)cc1. The van der Waals surface area contributed by atoms with Crippen molar-refractivity contribution in [1.82, 2.24) is 9.38 Å². The second-order valence-corrected chi connectivity index (χ2v) is 11.5. The third-order valence-corrected chi connectivity index (χ3v) is 8.66. The Morgan fingerprint density at radius 3 is 2.46 bits per heavy atom. The molecule has 3 aromatic heterocycles. The lowest BCUT2D eigenvalue weighted by atomic mass is 10.1. The maximum absolute atomic E-state index is 13.7. The van der Waals surface area contributed by atoms with Gasteiger partial charge in [0.15, 0.2) is 0 Å². The zero-order valence-electron chi connectivity index (χ0n) is 20.2. The molecule has 0 atom stereocenters. The summed E-state index contributed by atoms with van der Waals surface area (Å²) in [5.41, 5.74) is 8.81. The maximum atomic E-state index is 13.7. The fourth-order valence-corrected chi connectivity index (χ4v) is 5.97. The lowest BCUT2D eigenvalue weighted by Crippen LogP contribution is -2.42. The number of pyridine rings is 2. The summed E-state index contributed by atoms with van der Waals surface area (Å²) >= 11 is 3.33. The van der Waals surface area contributed by atoms with E-state index in [4.69, 9.17) is 15.5 Å². The van der Waals surface area contributed by atoms with E-state index in [-0.39, 0.29) is 26.6 Å². The van der Waals surface area contributed by atoms with Crippen LogP contribution in [0.1, 0.15) is 11.1 Å². The molecule has 0 fully saturated rings. The molecular formula is C27H24BrN4O4S+. The van der Waals surface area contributed by atoms with Gasteiger partial charge in [0.05, 0.1) is 18.6 Å². The van der Waals surface area contributed by atoms with E-state index in [0.717, 1.165) is 21.3 Å². The summed E-state index contributed by atoms with van der Waals surface area (Å²) < 4.78 is 36.4. The van der Waals surface area contributed by atoms with Crippen molar-refractivity contribution in [3.63, 3.8) is 0 Å². The van der Waals surface area contributed by atoms with Crippen LogP contribution in [0.2, 0.25) is 0 Å². The number of anilines is 1. The van der Waals surface area contributed by atoms with Crippen LogP contribution in [0.15, 0.2) is 92.0 Å². The standard InChI is InChI=1S/C27H23BrN4O4S/c1-17-4-3-14-32-25(17)30-26-22(27(32)33)16-23(37(34,35)21-11-7-19(28)8-12-21)24(29)31(26)15-13-18-5-9-20(36-2)10-6-18/h3-12,14,16,29H,13,15H2,1-2H3/p+1. The normalized spacial score (nSPS) is 11.8. The van der Waals surface area contributed by atoms with Crippen molar-refractivity contribution in [2.75, 3.05) is 12.8 Å². The van der Waals surface area contributed by atoms with Gasteiger partial charge in [-0.05, 0) is 61.0 Å². The fourth-order valence-electron chi connectivity index (χ4n) is 4.30. The van der Waals surface area contributed by atoms with E-state index >= 15 is 0 Å². The molecule has 0 unspecified atom stereocenters. The minimum Gasteiger partial charge on any atom is -0.497 e. The summed E-state index contributed by atoms with van der Waals surface area (Å²) in [6, 6.07) is 18.8. The Morgan fingerprint density at radius 2 is 1.78 bits per heavy atom. The third kappa shape index (κ3) is 4.47. The molecule has 3 heterocycles. The van der Waals surface area contributed by atoms with Gasteiger partial charge in [-0.25, -0.2) is 13.0 Å². The molecule has 5 rings (SSSR count). The molecule has 2 aromatic carbocycles. The van der Waals surface area contributed by atoms with E-state index in [1.54, 1.807) is 36.1 Å². The third-order valence-electron chi connectivity index (χ3n) is 6.34. The van der Waals surface area contributed by atoms with Gasteiger partial charge in [-0.15, -0.1) is 0 Å². The molecular weight excluding hydrogens is 556 g/mol. The van der Waals surface area contributed by atoms with Crippen molar-refractivity contribution in [2.24, 2.45) is 0 Å². The van der Waals surface area contributed by atoms with Crippen LogP contribution in [0.5, 0.6) is 5.75 Å². The molecule has 0 radical (unpaired) electrons. The first kappa shape index (κ1) is 24.9. The fraction of sp³-hybridized carbons (Fsp3) is 0.148. The van der Waals surface area contributed by atoms with Crippen LogP contribution in [0, 0.1) is 6.92 Å². The average Bonchev–Trinajstić information content (AvgIpc) is 2.89. The monoisotopic (exact) mass is 579 g/mol. The van der Waals surface area contributed by atoms with E-state index in [9.17, 15) is 13.2 Å². The predicted octanol–water partition coefficient (Wildman–Crippen LogP) is 3.87. The van der Waals surface area contributed by atoms with Crippen LogP contribution >= 0.6 is 15.9 Å². The lowest BCUT2D eigenvalue weighted by Gasteiger charge is -2.13. The Kier molecular flexibility index (Phi) is 6.47. The number of halogens is 1. The van der Waals surface area contributed by atoms with Gasteiger partial charge in [0.1, 0.15) is 16.0 Å². The molecule has 0 bridgehead atoms. The number of ether oxygens (including phenoxy) is 1. The van der Waals surface area contributed by atoms with Crippen LogP contribution in [0.25, 0.3) is 16.7 Å².